The molecule has 1 amide bonds. The summed E-state index contributed by atoms with van der Waals surface area (Å²) in [5.41, 5.74) is 0. The average Bonchev–Trinajstić information content (AvgIpc) is 2.55. The van der Waals surface area contributed by atoms with Gasteiger partial charge in [0, 0.05) is 58.9 Å². The first-order valence-electron chi connectivity index (χ1n) is 9.22. The fraction of sp³-hybridized carbons (Fsp3) is 0.941. The number of nitrogens with one attached hydrogen (secondary N) is 1. The minimum absolute atomic E-state index is 0.115. The van der Waals surface area contributed by atoms with E-state index in [4.69, 9.17) is 4.74 Å². The Balaban J connectivity index is 1.59. The molecule has 24 heavy (non-hydrogen) atoms. The predicted octanol–water partition coefficient (Wildman–Crippen LogP) is -0.931. The predicted molar refractivity (Wildman–Crippen MR) is 94.0 cm³/mol. The Kier molecular flexibility index (Phi) is 8.41. The lowest BCUT2D eigenvalue weighted by atomic mass is 10.2. The molecule has 2 N–H and O–H groups in total. The molecule has 0 radical (unpaired) electrons. The van der Waals surface area contributed by atoms with E-state index in [0.717, 1.165) is 65.6 Å². The van der Waals surface area contributed by atoms with E-state index in [-0.39, 0.29) is 12.0 Å². The maximum atomic E-state index is 11.9. The number of hydrogen-bond acceptors (Lipinski definition) is 6. The van der Waals surface area contributed by atoms with Crippen molar-refractivity contribution in [3.63, 3.8) is 0 Å². The van der Waals surface area contributed by atoms with Crippen LogP contribution in [0, 0.1) is 5.92 Å². The molecule has 140 valence electrons. The number of aliphatic hydroxyl groups is 1. The van der Waals surface area contributed by atoms with Crippen LogP contribution in [0.5, 0.6) is 0 Å². The van der Waals surface area contributed by atoms with Crippen LogP contribution in [-0.2, 0) is 9.53 Å². The van der Waals surface area contributed by atoms with Crippen LogP contribution in [0.3, 0.4) is 0 Å². The van der Waals surface area contributed by atoms with Crippen LogP contribution in [0.15, 0.2) is 0 Å². The lowest BCUT2D eigenvalue weighted by molar-refractivity contribution is -0.122. The van der Waals surface area contributed by atoms with Gasteiger partial charge in [0.25, 0.3) is 0 Å². The highest BCUT2D eigenvalue weighted by Gasteiger charge is 2.22. The first-order valence-corrected chi connectivity index (χ1v) is 9.22. The number of morpholine rings is 1. The van der Waals surface area contributed by atoms with Gasteiger partial charge in [-0.25, -0.2) is 0 Å². The molecule has 0 saturated carbocycles. The van der Waals surface area contributed by atoms with E-state index in [9.17, 15) is 9.90 Å². The fourth-order valence-electron chi connectivity index (χ4n) is 3.14. The second kappa shape index (κ2) is 10.3. The van der Waals surface area contributed by atoms with Crippen LogP contribution < -0.4 is 5.32 Å². The van der Waals surface area contributed by atoms with E-state index in [1.165, 1.54) is 0 Å². The number of carbonyl (C=O) groups excluding carboxylic acids is 1. The first kappa shape index (κ1) is 19.6. The molecule has 2 rings (SSSR count). The third kappa shape index (κ3) is 7.44. The van der Waals surface area contributed by atoms with Crippen LogP contribution >= 0.6 is 0 Å². The smallest absolute Gasteiger partial charge is 0.234 e. The molecule has 0 aromatic heterocycles. The molecule has 2 fully saturated rings. The van der Waals surface area contributed by atoms with Crippen molar-refractivity contribution in [1.82, 2.24) is 20.0 Å². The van der Waals surface area contributed by atoms with Gasteiger partial charge in [0.1, 0.15) is 0 Å². The van der Waals surface area contributed by atoms with Gasteiger partial charge in [-0.3, -0.25) is 19.5 Å². The lowest BCUT2D eigenvalue weighted by Crippen LogP contribution is -2.52. The third-order valence-electron chi connectivity index (χ3n) is 4.58. The number of piperazine rings is 1. The quantitative estimate of drug-likeness (QED) is 0.594. The fourth-order valence-corrected chi connectivity index (χ4v) is 3.14. The molecule has 0 aromatic carbocycles. The monoisotopic (exact) mass is 342 g/mol. The van der Waals surface area contributed by atoms with Gasteiger partial charge in [0.05, 0.1) is 25.9 Å². The van der Waals surface area contributed by atoms with Crippen molar-refractivity contribution < 1.29 is 14.6 Å². The van der Waals surface area contributed by atoms with Crippen LogP contribution in [0.2, 0.25) is 0 Å². The molecule has 2 aliphatic heterocycles. The summed E-state index contributed by atoms with van der Waals surface area (Å²) in [5, 5.41) is 13.3. The highest BCUT2D eigenvalue weighted by Crippen LogP contribution is 2.05. The molecule has 1 atom stereocenters. The Morgan fingerprint density at radius 1 is 1.00 bits per heavy atom. The number of nitrogens with zero attached hydrogens (tertiary/aromatic N) is 3. The Morgan fingerprint density at radius 3 is 2.12 bits per heavy atom. The largest absolute Gasteiger partial charge is 0.390 e. The van der Waals surface area contributed by atoms with E-state index >= 15 is 0 Å². The summed E-state index contributed by atoms with van der Waals surface area (Å²) in [7, 11) is 0. The van der Waals surface area contributed by atoms with Gasteiger partial charge >= 0.3 is 0 Å². The number of rotatable bonds is 8. The van der Waals surface area contributed by atoms with Crippen molar-refractivity contribution >= 4 is 5.91 Å². The first-order chi connectivity index (χ1) is 11.5. The van der Waals surface area contributed by atoms with Crippen LogP contribution in [0.4, 0.5) is 0 Å². The van der Waals surface area contributed by atoms with Gasteiger partial charge in [-0.15, -0.1) is 0 Å². The van der Waals surface area contributed by atoms with Crippen molar-refractivity contribution in [2.75, 3.05) is 78.7 Å². The maximum absolute atomic E-state index is 11.9. The van der Waals surface area contributed by atoms with Crippen molar-refractivity contribution in [3.8, 4) is 0 Å². The Hall–Kier alpha value is -0.730. The molecule has 0 aromatic rings. The summed E-state index contributed by atoms with van der Waals surface area (Å²) in [6.07, 6.45) is -0.316. The van der Waals surface area contributed by atoms with Crippen molar-refractivity contribution in [3.05, 3.63) is 0 Å². The molecule has 0 spiro atoms. The highest BCUT2D eigenvalue weighted by molar-refractivity contribution is 5.78. The van der Waals surface area contributed by atoms with Crippen LogP contribution in [0.1, 0.15) is 13.8 Å². The third-order valence-corrected chi connectivity index (χ3v) is 4.58. The van der Waals surface area contributed by atoms with Crippen molar-refractivity contribution in [2.24, 2.45) is 5.92 Å². The van der Waals surface area contributed by atoms with Crippen LogP contribution in [0.25, 0.3) is 0 Å². The normalized spacial score (nSPS) is 22.7. The van der Waals surface area contributed by atoms with Gasteiger partial charge in [-0.05, 0) is 5.92 Å². The molecular formula is C17H34N4O3. The van der Waals surface area contributed by atoms with E-state index in [2.05, 4.69) is 33.9 Å². The van der Waals surface area contributed by atoms with Crippen molar-refractivity contribution in [1.29, 1.82) is 0 Å². The summed E-state index contributed by atoms with van der Waals surface area (Å²) in [6.45, 7) is 13.8. The van der Waals surface area contributed by atoms with Gasteiger partial charge in [-0.1, -0.05) is 13.8 Å². The Labute approximate surface area is 145 Å². The minimum atomic E-state index is -0.316. The number of carbonyl (C=O) groups is 1. The standard InChI is InChI=1S/C17H34N4O3/c1-15(2)11-18-17(23)14-20-5-3-19(4-6-20)12-16(22)13-21-7-9-24-10-8-21/h15-16,22H,3-14H2,1-2H3,(H,18,23). The van der Waals surface area contributed by atoms with E-state index in [1.807, 2.05) is 0 Å². The SMILES string of the molecule is CC(C)CNC(=O)CN1CCN(CC(O)CN2CCOCC2)CC1. The Morgan fingerprint density at radius 2 is 1.54 bits per heavy atom. The summed E-state index contributed by atoms with van der Waals surface area (Å²) < 4.78 is 5.33. The summed E-state index contributed by atoms with van der Waals surface area (Å²) in [4.78, 5) is 18.6. The van der Waals surface area contributed by atoms with Gasteiger partial charge in [0.2, 0.25) is 5.91 Å². The molecule has 2 heterocycles. The molecule has 2 saturated heterocycles. The number of β-amino-alcohol motifs (C(OH)–C–C–N with tert-alkyl or cyclic N) is 1. The summed E-state index contributed by atoms with van der Waals surface area (Å²) >= 11 is 0. The van der Waals surface area contributed by atoms with Gasteiger partial charge < -0.3 is 15.2 Å². The van der Waals surface area contributed by atoms with Gasteiger partial charge in [-0.2, -0.15) is 0 Å². The zero-order chi connectivity index (χ0) is 17.4. The highest BCUT2D eigenvalue weighted by atomic mass is 16.5. The minimum Gasteiger partial charge on any atom is -0.390 e. The molecule has 1 unspecified atom stereocenters. The Bertz CT molecular complexity index is 367. The summed E-state index contributed by atoms with van der Waals surface area (Å²) in [6, 6.07) is 0. The van der Waals surface area contributed by atoms with Gasteiger partial charge in [0.15, 0.2) is 0 Å². The molecular weight excluding hydrogens is 308 g/mol. The molecule has 0 aliphatic carbocycles. The van der Waals surface area contributed by atoms with Crippen molar-refractivity contribution in [2.45, 2.75) is 20.0 Å². The number of ether oxygens (including phenoxy) is 1. The molecule has 0 bridgehead atoms. The molecule has 2 aliphatic rings. The number of hydrogen-bond donors (Lipinski definition) is 2. The summed E-state index contributed by atoms with van der Waals surface area (Å²) in [5.74, 6) is 0.600. The topological polar surface area (TPSA) is 68.3 Å². The van der Waals surface area contributed by atoms with E-state index in [0.29, 0.717) is 19.0 Å². The zero-order valence-electron chi connectivity index (χ0n) is 15.2. The average molecular weight is 342 g/mol. The second-order valence-corrected chi connectivity index (χ2v) is 7.34. The van der Waals surface area contributed by atoms with E-state index in [1.54, 1.807) is 0 Å². The zero-order valence-corrected chi connectivity index (χ0v) is 15.2. The lowest BCUT2D eigenvalue weighted by Gasteiger charge is -2.36. The number of amides is 1. The maximum Gasteiger partial charge on any atom is 0.234 e. The number of aliphatic hydroxyl groups excluding tert-OH is 1. The molecule has 7 heteroatoms. The van der Waals surface area contributed by atoms with E-state index < -0.39 is 0 Å². The van der Waals surface area contributed by atoms with Crippen LogP contribution in [-0.4, -0.2) is 110 Å². The second-order valence-electron chi connectivity index (χ2n) is 7.34. The molecule has 7 nitrogen and oxygen atoms in total.